The Morgan fingerprint density at radius 3 is 2.36 bits per heavy atom. The standard InChI is InChI=1S/C19H12ClFN2OS/c1-11-18(13-4-8-15(21)9-5-13)23-16(10-24)17(22-19(23)25-11)12-2-6-14(20)7-3-12/h2-10H,1H3. The third-order valence-corrected chi connectivity index (χ3v) is 5.24. The van der Waals surface area contributed by atoms with Gasteiger partial charge in [-0.25, -0.2) is 9.37 Å². The van der Waals surface area contributed by atoms with Crippen molar-refractivity contribution >= 4 is 34.2 Å². The summed E-state index contributed by atoms with van der Waals surface area (Å²) >= 11 is 7.44. The molecule has 2 heterocycles. The number of thiazole rings is 1. The predicted molar refractivity (Wildman–Crippen MR) is 99.0 cm³/mol. The number of aldehydes is 1. The van der Waals surface area contributed by atoms with Gasteiger partial charge in [0.15, 0.2) is 11.2 Å². The lowest BCUT2D eigenvalue weighted by Gasteiger charge is -2.05. The lowest BCUT2D eigenvalue weighted by atomic mass is 10.1. The molecule has 0 N–H and O–H groups in total. The lowest BCUT2D eigenvalue weighted by Crippen LogP contribution is -1.95. The number of halogens is 2. The van der Waals surface area contributed by atoms with Crippen molar-refractivity contribution in [3.63, 3.8) is 0 Å². The predicted octanol–water partition coefficient (Wildman–Crippen LogP) is 5.64. The van der Waals surface area contributed by atoms with Crippen LogP contribution in [0.4, 0.5) is 4.39 Å². The Balaban J connectivity index is 1.99. The van der Waals surface area contributed by atoms with E-state index >= 15 is 0 Å². The maximum absolute atomic E-state index is 13.3. The molecule has 0 radical (unpaired) electrons. The fourth-order valence-corrected chi connectivity index (χ4v) is 4.03. The number of aryl methyl sites for hydroxylation is 1. The summed E-state index contributed by atoms with van der Waals surface area (Å²) in [7, 11) is 0. The highest BCUT2D eigenvalue weighted by Gasteiger charge is 2.20. The van der Waals surface area contributed by atoms with Crippen LogP contribution in [0.5, 0.6) is 0 Å². The van der Waals surface area contributed by atoms with Gasteiger partial charge in [0.05, 0.1) is 5.69 Å². The molecule has 0 spiro atoms. The molecule has 4 aromatic rings. The van der Waals surface area contributed by atoms with Crippen LogP contribution in [0.2, 0.25) is 5.02 Å². The number of imidazole rings is 1. The van der Waals surface area contributed by atoms with Crippen LogP contribution in [-0.2, 0) is 0 Å². The highest BCUT2D eigenvalue weighted by atomic mass is 35.5. The van der Waals surface area contributed by atoms with Crippen LogP contribution in [0.15, 0.2) is 48.5 Å². The van der Waals surface area contributed by atoms with Gasteiger partial charge in [-0.2, -0.15) is 0 Å². The Hall–Kier alpha value is -2.50. The minimum absolute atomic E-state index is 0.295. The van der Waals surface area contributed by atoms with Crippen LogP contribution >= 0.6 is 22.9 Å². The summed E-state index contributed by atoms with van der Waals surface area (Å²) in [4.78, 5) is 18.2. The largest absolute Gasteiger partial charge is 0.296 e. The third-order valence-electron chi connectivity index (χ3n) is 4.03. The van der Waals surface area contributed by atoms with Gasteiger partial charge >= 0.3 is 0 Å². The fourth-order valence-electron chi connectivity index (χ4n) is 2.91. The number of benzene rings is 2. The topological polar surface area (TPSA) is 34.4 Å². The molecule has 0 atom stereocenters. The Morgan fingerprint density at radius 2 is 1.72 bits per heavy atom. The summed E-state index contributed by atoms with van der Waals surface area (Å²) < 4.78 is 15.1. The molecular weight excluding hydrogens is 359 g/mol. The Bertz CT molecular complexity index is 1080. The smallest absolute Gasteiger partial charge is 0.195 e. The van der Waals surface area contributed by atoms with Crippen molar-refractivity contribution in [2.24, 2.45) is 0 Å². The molecule has 2 aromatic carbocycles. The van der Waals surface area contributed by atoms with E-state index in [-0.39, 0.29) is 5.82 Å². The first-order valence-corrected chi connectivity index (χ1v) is 8.77. The molecule has 0 aliphatic heterocycles. The van der Waals surface area contributed by atoms with E-state index in [4.69, 9.17) is 11.6 Å². The van der Waals surface area contributed by atoms with Gasteiger partial charge < -0.3 is 0 Å². The minimum Gasteiger partial charge on any atom is -0.296 e. The van der Waals surface area contributed by atoms with Crippen LogP contribution in [0, 0.1) is 12.7 Å². The molecule has 2 aromatic heterocycles. The van der Waals surface area contributed by atoms with E-state index < -0.39 is 0 Å². The van der Waals surface area contributed by atoms with Gasteiger partial charge in [-0.1, -0.05) is 23.7 Å². The van der Waals surface area contributed by atoms with E-state index in [0.717, 1.165) is 32.9 Å². The molecule has 3 nitrogen and oxygen atoms in total. The van der Waals surface area contributed by atoms with Crippen molar-refractivity contribution in [1.29, 1.82) is 0 Å². The number of hydrogen-bond donors (Lipinski definition) is 0. The first-order chi connectivity index (χ1) is 12.1. The van der Waals surface area contributed by atoms with Crippen molar-refractivity contribution in [1.82, 2.24) is 9.38 Å². The summed E-state index contributed by atoms with van der Waals surface area (Å²) in [6, 6.07) is 13.5. The average Bonchev–Trinajstić information content (AvgIpc) is 3.11. The first kappa shape index (κ1) is 16.0. The number of carbonyl (C=O) groups is 1. The van der Waals surface area contributed by atoms with Crippen LogP contribution in [0.3, 0.4) is 0 Å². The number of carbonyl (C=O) groups excluding carboxylic acids is 1. The molecule has 4 rings (SSSR count). The molecule has 0 amide bonds. The number of nitrogens with zero attached hydrogens (tertiary/aromatic N) is 2. The first-order valence-electron chi connectivity index (χ1n) is 7.57. The second-order valence-electron chi connectivity index (χ2n) is 5.60. The van der Waals surface area contributed by atoms with Gasteiger partial charge in [-0.15, -0.1) is 11.3 Å². The monoisotopic (exact) mass is 370 g/mol. The highest BCUT2D eigenvalue weighted by Crippen LogP contribution is 2.35. The zero-order valence-corrected chi connectivity index (χ0v) is 14.7. The van der Waals surface area contributed by atoms with Gasteiger partial charge in [0, 0.05) is 15.5 Å². The number of rotatable bonds is 3. The molecule has 6 heteroatoms. The molecule has 0 saturated heterocycles. The molecule has 25 heavy (non-hydrogen) atoms. The zero-order chi connectivity index (χ0) is 17.6. The second kappa shape index (κ2) is 6.10. The molecular formula is C19H12ClFN2OS. The van der Waals surface area contributed by atoms with Crippen molar-refractivity contribution in [3.8, 4) is 22.5 Å². The van der Waals surface area contributed by atoms with E-state index in [2.05, 4.69) is 4.98 Å². The molecule has 0 unspecified atom stereocenters. The summed E-state index contributed by atoms with van der Waals surface area (Å²) in [5.41, 5.74) is 3.61. The highest BCUT2D eigenvalue weighted by molar-refractivity contribution is 7.17. The van der Waals surface area contributed by atoms with E-state index in [0.29, 0.717) is 16.4 Å². The summed E-state index contributed by atoms with van der Waals surface area (Å²) in [5, 5.41) is 0.625. The third kappa shape index (κ3) is 2.65. The Morgan fingerprint density at radius 1 is 1.08 bits per heavy atom. The van der Waals surface area contributed by atoms with Gasteiger partial charge in [-0.3, -0.25) is 9.20 Å². The number of hydrogen-bond acceptors (Lipinski definition) is 3. The van der Waals surface area contributed by atoms with E-state index in [1.54, 1.807) is 24.3 Å². The van der Waals surface area contributed by atoms with Crippen molar-refractivity contribution in [2.45, 2.75) is 6.92 Å². The zero-order valence-electron chi connectivity index (χ0n) is 13.2. The molecule has 0 saturated carbocycles. The van der Waals surface area contributed by atoms with E-state index in [9.17, 15) is 9.18 Å². The number of aromatic nitrogens is 2. The minimum atomic E-state index is -0.295. The fraction of sp³-hybridized carbons (Fsp3) is 0.0526. The summed E-state index contributed by atoms with van der Waals surface area (Å²) in [6.07, 6.45) is 0.809. The SMILES string of the molecule is Cc1sc2nc(-c3ccc(Cl)cc3)c(C=O)n2c1-c1ccc(F)cc1. The van der Waals surface area contributed by atoms with Crippen molar-refractivity contribution < 1.29 is 9.18 Å². The second-order valence-corrected chi connectivity index (χ2v) is 7.22. The summed E-state index contributed by atoms with van der Waals surface area (Å²) in [6.45, 7) is 1.97. The normalized spacial score (nSPS) is 11.2. The Kier molecular flexibility index (Phi) is 3.90. The molecule has 0 bridgehead atoms. The van der Waals surface area contributed by atoms with Crippen molar-refractivity contribution in [2.75, 3.05) is 0 Å². The van der Waals surface area contributed by atoms with Crippen LogP contribution in [-0.4, -0.2) is 15.7 Å². The van der Waals surface area contributed by atoms with E-state index in [1.807, 2.05) is 23.5 Å². The number of fused-ring (bicyclic) bond motifs is 1. The van der Waals surface area contributed by atoms with Gasteiger partial charge in [0.25, 0.3) is 0 Å². The molecule has 0 aliphatic rings. The van der Waals surface area contributed by atoms with Gasteiger partial charge in [-0.05, 0) is 48.9 Å². The Labute approximate surface area is 152 Å². The lowest BCUT2D eigenvalue weighted by molar-refractivity contribution is 0.111. The molecule has 0 fully saturated rings. The quantitative estimate of drug-likeness (QED) is 0.437. The van der Waals surface area contributed by atoms with Crippen LogP contribution in [0.25, 0.3) is 27.5 Å². The van der Waals surface area contributed by atoms with Crippen LogP contribution in [0.1, 0.15) is 15.4 Å². The van der Waals surface area contributed by atoms with Crippen molar-refractivity contribution in [3.05, 3.63) is 69.9 Å². The van der Waals surface area contributed by atoms with Gasteiger partial charge in [0.2, 0.25) is 0 Å². The maximum atomic E-state index is 13.3. The van der Waals surface area contributed by atoms with Gasteiger partial charge in [0.1, 0.15) is 17.2 Å². The maximum Gasteiger partial charge on any atom is 0.195 e. The van der Waals surface area contributed by atoms with E-state index in [1.165, 1.54) is 23.5 Å². The van der Waals surface area contributed by atoms with Crippen LogP contribution < -0.4 is 0 Å². The molecule has 124 valence electrons. The summed E-state index contributed by atoms with van der Waals surface area (Å²) in [5.74, 6) is -0.295. The molecule has 0 aliphatic carbocycles. The average molecular weight is 371 g/mol.